The smallest absolute Gasteiger partial charge is 0.207 e. The maximum Gasteiger partial charge on any atom is 0.207 e. The van der Waals surface area contributed by atoms with Crippen LogP contribution in [0.5, 0.6) is 0 Å². The molecule has 0 saturated carbocycles. The number of halogens is 2. The molecule has 1 aliphatic carbocycles. The predicted octanol–water partition coefficient (Wildman–Crippen LogP) is 7.17. The maximum absolute atomic E-state index is 13.8. The highest BCUT2D eigenvalue weighted by Gasteiger charge is 2.39. The molecule has 2 heterocycles. The van der Waals surface area contributed by atoms with Gasteiger partial charge in [0.1, 0.15) is 10.1 Å². The first-order chi connectivity index (χ1) is 16.2. The van der Waals surface area contributed by atoms with Gasteiger partial charge >= 0.3 is 0 Å². The van der Waals surface area contributed by atoms with Crippen molar-refractivity contribution >= 4 is 67.7 Å². The van der Waals surface area contributed by atoms with Crippen molar-refractivity contribution in [3.63, 3.8) is 0 Å². The minimum absolute atomic E-state index is 0.111. The molecule has 34 heavy (non-hydrogen) atoms. The third kappa shape index (κ3) is 3.13. The van der Waals surface area contributed by atoms with Crippen LogP contribution in [0.1, 0.15) is 36.4 Å². The van der Waals surface area contributed by atoms with Gasteiger partial charge in [0.15, 0.2) is 0 Å². The van der Waals surface area contributed by atoms with Crippen molar-refractivity contribution < 1.29 is 9.59 Å². The number of hydrogen-bond acceptors (Lipinski definition) is 2. The molecule has 0 radical (unpaired) electrons. The highest BCUT2D eigenvalue weighted by Crippen LogP contribution is 2.46. The third-order valence-electron chi connectivity index (χ3n) is 6.55. The van der Waals surface area contributed by atoms with Crippen LogP contribution in [0, 0.1) is 6.92 Å². The van der Waals surface area contributed by atoms with Crippen molar-refractivity contribution in [3.8, 4) is 0 Å². The molecule has 5 rings (SSSR count). The van der Waals surface area contributed by atoms with Gasteiger partial charge in [0.25, 0.3) is 0 Å². The van der Waals surface area contributed by atoms with Crippen LogP contribution in [0.2, 0.25) is 0 Å². The summed E-state index contributed by atoms with van der Waals surface area (Å²) in [6.45, 7) is 9.77. The largest absolute Gasteiger partial charge is 0.358 e. The van der Waals surface area contributed by atoms with Crippen molar-refractivity contribution in [2.24, 2.45) is 0 Å². The lowest BCUT2D eigenvalue weighted by atomic mass is 9.81. The molecule has 0 spiro atoms. The van der Waals surface area contributed by atoms with E-state index >= 15 is 0 Å². The van der Waals surface area contributed by atoms with Gasteiger partial charge in [-0.25, -0.2) is 0 Å². The van der Waals surface area contributed by atoms with E-state index in [-0.39, 0.29) is 21.2 Å². The molecule has 1 aliphatic rings. The van der Waals surface area contributed by atoms with E-state index in [0.29, 0.717) is 11.1 Å². The molecule has 0 unspecified atom stereocenters. The number of aromatic nitrogens is 2. The third-order valence-corrected chi connectivity index (χ3v) is 7.27. The number of carbonyl (C=O) groups is 2. The molecule has 2 aromatic heterocycles. The monoisotopic (exact) mass is 488 g/mol. The second-order valence-corrected chi connectivity index (χ2v) is 9.81. The SMILES string of the molecule is C=CC(C)(C)c1[nH]c2ccccc2c1C1=C(Cl)C(=O)C(c2c(C)[nH]c3ccccc23)=C(Cl)C1=O. The Kier molecular flexibility index (Phi) is 5.19. The summed E-state index contributed by atoms with van der Waals surface area (Å²) in [5, 5.41) is 1.32. The molecule has 0 saturated heterocycles. The Morgan fingerprint density at radius 1 is 0.794 bits per heavy atom. The van der Waals surface area contributed by atoms with Crippen LogP contribution < -0.4 is 0 Å². The second kappa shape index (κ2) is 7.86. The second-order valence-electron chi connectivity index (χ2n) is 9.05. The van der Waals surface area contributed by atoms with Gasteiger partial charge in [-0.2, -0.15) is 0 Å². The first-order valence-electron chi connectivity index (χ1n) is 10.9. The minimum atomic E-state index is -0.522. The zero-order valence-electron chi connectivity index (χ0n) is 19.0. The molecule has 2 N–H and O–H groups in total. The fourth-order valence-electron chi connectivity index (χ4n) is 4.68. The lowest BCUT2D eigenvalue weighted by Crippen LogP contribution is -2.22. The summed E-state index contributed by atoms with van der Waals surface area (Å²) in [4.78, 5) is 34.2. The molecule has 6 heteroatoms. The van der Waals surface area contributed by atoms with Gasteiger partial charge in [-0.15, -0.1) is 6.58 Å². The number of allylic oxidation sites excluding steroid dienone is 5. The zero-order chi connectivity index (χ0) is 24.4. The van der Waals surface area contributed by atoms with Crippen molar-refractivity contribution in [2.75, 3.05) is 0 Å². The van der Waals surface area contributed by atoms with Crippen LogP contribution >= 0.6 is 23.2 Å². The van der Waals surface area contributed by atoms with Gasteiger partial charge in [-0.3, -0.25) is 9.59 Å². The van der Waals surface area contributed by atoms with Gasteiger partial charge in [0.2, 0.25) is 11.6 Å². The molecule has 0 aliphatic heterocycles. The van der Waals surface area contributed by atoms with Gasteiger partial charge in [0, 0.05) is 49.7 Å². The number of benzene rings is 2. The first-order valence-corrected chi connectivity index (χ1v) is 11.6. The number of carbonyl (C=O) groups excluding carboxylic acids is 2. The standard InChI is InChI=1S/C28H22Cl2N2O2/c1-5-28(3,4)27-20(16-11-7-9-13-18(16)32-27)22-24(30)25(33)21(23(29)26(22)34)19-14(2)31-17-12-8-6-10-15(17)19/h5-13,31-32H,1H2,2-4H3. The zero-order valence-corrected chi connectivity index (χ0v) is 20.5. The predicted molar refractivity (Wildman–Crippen MR) is 140 cm³/mol. The van der Waals surface area contributed by atoms with E-state index in [9.17, 15) is 9.59 Å². The van der Waals surface area contributed by atoms with Crippen molar-refractivity contribution in [3.05, 3.63) is 93.8 Å². The van der Waals surface area contributed by atoms with Crippen LogP contribution in [-0.4, -0.2) is 21.5 Å². The van der Waals surface area contributed by atoms with Crippen LogP contribution in [0.15, 0.2) is 71.3 Å². The molecule has 170 valence electrons. The molecule has 0 bridgehead atoms. The Morgan fingerprint density at radius 2 is 1.26 bits per heavy atom. The van der Waals surface area contributed by atoms with Crippen molar-refractivity contribution in [1.82, 2.24) is 9.97 Å². The van der Waals surface area contributed by atoms with E-state index in [1.807, 2.05) is 69.3 Å². The summed E-state index contributed by atoms with van der Waals surface area (Å²) in [5.41, 5.74) is 4.06. The quantitative estimate of drug-likeness (QED) is 0.236. The van der Waals surface area contributed by atoms with E-state index in [2.05, 4.69) is 16.5 Å². The van der Waals surface area contributed by atoms with E-state index in [4.69, 9.17) is 23.2 Å². The highest BCUT2D eigenvalue weighted by molar-refractivity contribution is 6.68. The normalized spacial score (nSPS) is 15.2. The van der Waals surface area contributed by atoms with E-state index in [1.54, 1.807) is 6.08 Å². The maximum atomic E-state index is 13.8. The summed E-state index contributed by atoms with van der Waals surface area (Å²) in [6, 6.07) is 15.2. The van der Waals surface area contributed by atoms with Crippen LogP contribution in [0.25, 0.3) is 33.0 Å². The average molecular weight is 489 g/mol. The van der Waals surface area contributed by atoms with E-state index < -0.39 is 17.0 Å². The first kappa shape index (κ1) is 22.5. The lowest BCUT2D eigenvalue weighted by Gasteiger charge is -2.24. The van der Waals surface area contributed by atoms with Crippen LogP contribution in [0.3, 0.4) is 0 Å². The number of fused-ring (bicyclic) bond motifs is 2. The number of para-hydroxylation sites is 2. The van der Waals surface area contributed by atoms with Crippen molar-refractivity contribution in [2.45, 2.75) is 26.2 Å². The number of aromatic amines is 2. The lowest BCUT2D eigenvalue weighted by molar-refractivity contribution is -0.113. The molecule has 2 aromatic carbocycles. The number of nitrogens with one attached hydrogen (secondary N) is 2. The fourth-order valence-corrected chi connectivity index (χ4v) is 5.23. The Balaban J connectivity index is 1.79. The summed E-state index contributed by atoms with van der Waals surface area (Å²) in [7, 11) is 0. The molecular formula is C28H22Cl2N2O2. The molecular weight excluding hydrogens is 467 g/mol. The number of hydrogen-bond donors (Lipinski definition) is 2. The van der Waals surface area contributed by atoms with E-state index in [1.165, 1.54) is 0 Å². The fraction of sp³-hybridized carbons (Fsp3) is 0.143. The minimum Gasteiger partial charge on any atom is -0.358 e. The van der Waals surface area contributed by atoms with E-state index in [0.717, 1.165) is 33.2 Å². The van der Waals surface area contributed by atoms with Gasteiger partial charge in [-0.05, 0) is 19.1 Å². The highest BCUT2D eigenvalue weighted by atomic mass is 35.5. The summed E-state index contributed by atoms with van der Waals surface area (Å²) in [5.74, 6) is -0.946. The Labute approximate surface area is 207 Å². The molecule has 0 amide bonds. The summed E-state index contributed by atoms with van der Waals surface area (Å²) < 4.78 is 0. The molecule has 0 atom stereocenters. The van der Waals surface area contributed by atoms with Gasteiger partial charge in [-0.1, -0.05) is 79.5 Å². The molecule has 0 fully saturated rings. The number of H-pyrrole nitrogens is 2. The number of rotatable bonds is 4. The number of Topliss-reactive ketones (excluding diaryl/α,β-unsaturated/α-hetero) is 2. The number of ketones is 2. The summed E-state index contributed by atoms with van der Waals surface area (Å²) in [6.07, 6.45) is 1.79. The average Bonchev–Trinajstić information content (AvgIpc) is 3.37. The van der Waals surface area contributed by atoms with Gasteiger partial charge in [0.05, 0.1) is 11.1 Å². The van der Waals surface area contributed by atoms with Crippen LogP contribution in [-0.2, 0) is 15.0 Å². The molecule has 4 nitrogen and oxygen atoms in total. The Bertz CT molecular complexity index is 1610. The number of aryl methyl sites for hydroxylation is 1. The molecule has 4 aromatic rings. The summed E-state index contributed by atoms with van der Waals surface area (Å²) >= 11 is 13.4. The Hall–Kier alpha value is -3.34. The van der Waals surface area contributed by atoms with Crippen LogP contribution in [0.4, 0.5) is 0 Å². The topological polar surface area (TPSA) is 65.7 Å². The Morgan fingerprint density at radius 3 is 1.82 bits per heavy atom. The van der Waals surface area contributed by atoms with Crippen molar-refractivity contribution in [1.29, 1.82) is 0 Å². The van der Waals surface area contributed by atoms with Gasteiger partial charge < -0.3 is 9.97 Å².